The molecule has 2 heterocycles. The van der Waals surface area contributed by atoms with Crippen LogP contribution in [0.4, 0.5) is 24.7 Å². The molecule has 1 amide bonds. The summed E-state index contributed by atoms with van der Waals surface area (Å²) in [7, 11) is 1.50. The van der Waals surface area contributed by atoms with Crippen LogP contribution in [0.1, 0.15) is 46.9 Å². The van der Waals surface area contributed by atoms with Crippen LogP contribution >= 0.6 is 0 Å². The summed E-state index contributed by atoms with van der Waals surface area (Å²) in [6.07, 6.45) is -2.90. The number of alkyl halides is 3. The molecule has 0 bridgehead atoms. The molecule has 2 atom stereocenters. The van der Waals surface area contributed by atoms with Gasteiger partial charge >= 0.3 is 6.18 Å². The number of hydrogen-bond donors (Lipinski definition) is 2. The van der Waals surface area contributed by atoms with E-state index in [0.29, 0.717) is 23.4 Å². The third-order valence-electron chi connectivity index (χ3n) is 5.63. The van der Waals surface area contributed by atoms with Crippen molar-refractivity contribution in [2.24, 2.45) is 0 Å². The van der Waals surface area contributed by atoms with Crippen LogP contribution in [0.5, 0.6) is 5.75 Å². The summed E-state index contributed by atoms with van der Waals surface area (Å²) in [6.45, 7) is 1.96. The lowest BCUT2D eigenvalue weighted by molar-refractivity contribution is -0.173. The van der Waals surface area contributed by atoms with Crippen LogP contribution < -0.4 is 15.4 Å². The zero-order valence-corrected chi connectivity index (χ0v) is 17.6. The molecular weight excluding hydrogens is 421 g/mol. The van der Waals surface area contributed by atoms with Gasteiger partial charge in [-0.1, -0.05) is 37.3 Å². The fourth-order valence-corrected chi connectivity index (χ4v) is 3.95. The number of amides is 1. The summed E-state index contributed by atoms with van der Waals surface area (Å²) >= 11 is 0. The van der Waals surface area contributed by atoms with E-state index in [9.17, 15) is 18.0 Å². The highest BCUT2D eigenvalue weighted by Gasteiger charge is 2.47. The molecule has 0 spiro atoms. The molecule has 1 aliphatic heterocycles. The van der Waals surface area contributed by atoms with E-state index in [4.69, 9.17) is 4.74 Å². The Kier molecular flexibility index (Phi) is 5.82. The number of anilines is 2. The number of benzene rings is 2. The van der Waals surface area contributed by atoms with Crippen molar-refractivity contribution in [1.29, 1.82) is 0 Å². The lowest BCUT2D eigenvalue weighted by Crippen LogP contribution is -2.36. The lowest BCUT2D eigenvalue weighted by Gasteiger charge is -2.34. The Balaban J connectivity index is 1.70. The normalized spacial score (nSPS) is 17.9. The van der Waals surface area contributed by atoms with E-state index in [1.165, 1.54) is 13.3 Å². The van der Waals surface area contributed by atoms with Gasteiger partial charge in [0.2, 0.25) is 0 Å². The monoisotopic (exact) mass is 444 g/mol. The smallest absolute Gasteiger partial charge is 0.410 e. The summed E-state index contributed by atoms with van der Waals surface area (Å²) in [5, 5.41) is 9.82. The Hall–Kier alpha value is -3.49. The van der Waals surface area contributed by atoms with Crippen molar-refractivity contribution in [2.45, 2.75) is 38.0 Å². The van der Waals surface area contributed by atoms with Crippen LogP contribution in [-0.4, -0.2) is 29.0 Å². The van der Waals surface area contributed by atoms with Gasteiger partial charge in [-0.05, 0) is 35.7 Å². The predicted octanol–water partition coefficient (Wildman–Crippen LogP) is 5.37. The molecule has 0 unspecified atom stereocenters. The Morgan fingerprint density at radius 3 is 2.75 bits per heavy atom. The van der Waals surface area contributed by atoms with Gasteiger partial charge in [0.25, 0.3) is 5.91 Å². The first-order valence-electron chi connectivity index (χ1n) is 10.3. The molecule has 6 nitrogen and oxygen atoms in total. The number of nitrogens with zero attached hydrogens (tertiary/aromatic N) is 2. The summed E-state index contributed by atoms with van der Waals surface area (Å²) < 4.78 is 47.8. The molecule has 0 saturated heterocycles. The fourth-order valence-electron chi connectivity index (χ4n) is 3.95. The summed E-state index contributed by atoms with van der Waals surface area (Å²) in [5.74, 6) is 0.0609. The van der Waals surface area contributed by atoms with Gasteiger partial charge in [-0.15, -0.1) is 0 Å². The van der Waals surface area contributed by atoms with Crippen molar-refractivity contribution in [1.82, 2.24) is 9.78 Å². The zero-order chi connectivity index (χ0) is 22.9. The van der Waals surface area contributed by atoms with Gasteiger partial charge in [0.15, 0.2) is 6.04 Å². The summed E-state index contributed by atoms with van der Waals surface area (Å²) in [6, 6.07) is 11.6. The van der Waals surface area contributed by atoms with Crippen LogP contribution in [0.3, 0.4) is 0 Å². The van der Waals surface area contributed by atoms with Crippen LogP contribution in [0, 0.1) is 0 Å². The average molecular weight is 444 g/mol. The first kappa shape index (κ1) is 21.7. The largest absolute Gasteiger partial charge is 0.497 e. The third-order valence-corrected chi connectivity index (χ3v) is 5.63. The van der Waals surface area contributed by atoms with Gasteiger partial charge < -0.3 is 15.4 Å². The van der Waals surface area contributed by atoms with Crippen molar-refractivity contribution in [2.75, 3.05) is 17.7 Å². The second-order valence-electron chi connectivity index (χ2n) is 7.58. The molecule has 9 heteroatoms. The molecule has 3 aromatic rings. The molecule has 2 aromatic carbocycles. The number of aromatic nitrogens is 2. The highest BCUT2D eigenvalue weighted by molar-refractivity contribution is 6.07. The minimum absolute atomic E-state index is 0.0397. The number of rotatable bonds is 5. The van der Waals surface area contributed by atoms with Crippen LogP contribution in [0.25, 0.3) is 0 Å². The van der Waals surface area contributed by atoms with E-state index in [0.717, 1.165) is 10.2 Å². The van der Waals surface area contributed by atoms with Gasteiger partial charge in [0, 0.05) is 12.1 Å². The van der Waals surface area contributed by atoms with Crippen LogP contribution in [0.2, 0.25) is 0 Å². The van der Waals surface area contributed by atoms with E-state index in [1.807, 2.05) is 19.1 Å². The van der Waals surface area contributed by atoms with Gasteiger partial charge in [-0.2, -0.15) is 18.3 Å². The average Bonchev–Trinajstić information content (AvgIpc) is 3.22. The third kappa shape index (κ3) is 4.15. The van der Waals surface area contributed by atoms with E-state index in [1.54, 1.807) is 36.4 Å². The Morgan fingerprint density at radius 2 is 2.03 bits per heavy atom. The Morgan fingerprint density at radius 1 is 1.25 bits per heavy atom. The number of nitrogens with one attached hydrogen (secondary N) is 2. The SMILES string of the molecule is CCc1ccccc1NC(=O)c1cnn2c1N[C@H](c1cccc(OC)c1)C[C@@H]2C(F)(F)F. The topological polar surface area (TPSA) is 68.2 Å². The Bertz CT molecular complexity index is 1130. The number of methoxy groups -OCH3 is 1. The number of ether oxygens (including phenoxy) is 1. The van der Waals surface area contributed by atoms with Gasteiger partial charge in [0.1, 0.15) is 17.1 Å². The summed E-state index contributed by atoms with van der Waals surface area (Å²) in [4.78, 5) is 13.0. The number of carbonyl (C=O) groups excluding carboxylic acids is 1. The van der Waals surface area contributed by atoms with E-state index in [2.05, 4.69) is 15.7 Å². The molecule has 0 saturated carbocycles. The van der Waals surface area contributed by atoms with E-state index < -0.39 is 24.2 Å². The number of para-hydroxylation sites is 1. The maximum Gasteiger partial charge on any atom is 0.410 e. The molecule has 4 rings (SSSR count). The van der Waals surface area contributed by atoms with Crippen molar-refractivity contribution in [3.05, 3.63) is 71.4 Å². The molecular formula is C23H23F3N4O2. The minimum atomic E-state index is -4.53. The van der Waals surface area contributed by atoms with E-state index >= 15 is 0 Å². The maximum atomic E-state index is 13.9. The number of fused-ring (bicyclic) bond motifs is 1. The van der Waals surface area contributed by atoms with Crippen molar-refractivity contribution < 1.29 is 22.7 Å². The number of halogens is 3. The second-order valence-corrected chi connectivity index (χ2v) is 7.58. The fraction of sp³-hybridized carbons (Fsp3) is 0.304. The highest BCUT2D eigenvalue weighted by atomic mass is 19.4. The van der Waals surface area contributed by atoms with E-state index in [-0.39, 0.29) is 17.8 Å². The molecule has 2 N–H and O–H groups in total. The second kappa shape index (κ2) is 8.57. The first-order chi connectivity index (χ1) is 15.3. The lowest BCUT2D eigenvalue weighted by atomic mass is 9.96. The van der Waals surface area contributed by atoms with Gasteiger partial charge in [0.05, 0.1) is 19.3 Å². The minimum Gasteiger partial charge on any atom is -0.497 e. The van der Waals surface area contributed by atoms with Crippen molar-refractivity contribution in [3.8, 4) is 5.75 Å². The molecule has 168 valence electrons. The van der Waals surface area contributed by atoms with Crippen LogP contribution in [0.15, 0.2) is 54.7 Å². The predicted molar refractivity (Wildman–Crippen MR) is 115 cm³/mol. The van der Waals surface area contributed by atoms with Crippen LogP contribution in [-0.2, 0) is 6.42 Å². The molecule has 32 heavy (non-hydrogen) atoms. The highest BCUT2D eigenvalue weighted by Crippen LogP contribution is 2.44. The Labute approximate surface area is 183 Å². The molecule has 1 aliphatic rings. The number of hydrogen-bond acceptors (Lipinski definition) is 4. The first-order valence-corrected chi connectivity index (χ1v) is 10.3. The standard InChI is InChI=1S/C23H23F3N4O2/c1-3-14-7-4-5-10-18(14)29-22(31)17-13-27-30-20(23(24,25)26)12-19(28-21(17)30)15-8-6-9-16(11-15)32-2/h4-11,13,19-20,28H,3,12H2,1-2H3,(H,29,31)/t19-,20+/m0/s1. The van der Waals surface area contributed by atoms with Crippen molar-refractivity contribution >= 4 is 17.4 Å². The van der Waals surface area contributed by atoms with Crippen molar-refractivity contribution in [3.63, 3.8) is 0 Å². The molecule has 1 aromatic heterocycles. The number of aryl methyl sites for hydroxylation is 1. The number of carbonyl (C=O) groups is 1. The zero-order valence-electron chi connectivity index (χ0n) is 17.6. The molecule has 0 radical (unpaired) electrons. The van der Waals surface area contributed by atoms with Gasteiger partial charge in [-0.25, -0.2) is 4.68 Å². The summed E-state index contributed by atoms with van der Waals surface area (Å²) in [5.41, 5.74) is 2.23. The molecule has 0 aliphatic carbocycles. The van der Waals surface area contributed by atoms with Gasteiger partial charge in [-0.3, -0.25) is 4.79 Å². The maximum absolute atomic E-state index is 13.9. The molecule has 0 fully saturated rings. The quantitative estimate of drug-likeness (QED) is 0.556.